The molecule has 2 aliphatic heterocycles. The molecule has 2 aromatic carbocycles. The summed E-state index contributed by atoms with van der Waals surface area (Å²) in [7, 11) is 0. The van der Waals surface area contributed by atoms with Gasteiger partial charge in [0.1, 0.15) is 5.65 Å². The zero-order valence-electron chi connectivity index (χ0n) is 19.5. The molecule has 0 atom stereocenters. The number of pyridine rings is 1. The van der Waals surface area contributed by atoms with E-state index in [1.807, 2.05) is 30.5 Å². The highest BCUT2D eigenvalue weighted by atomic mass is 32.2. The van der Waals surface area contributed by atoms with Gasteiger partial charge in [-0.2, -0.15) is 0 Å². The Morgan fingerprint density at radius 1 is 0.943 bits per heavy atom. The van der Waals surface area contributed by atoms with E-state index in [0.29, 0.717) is 5.92 Å². The summed E-state index contributed by atoms with van der Waals surface area (Å²) in [5, 5.41) is 4.24. The van der Waals surface area contributed by atoms with E-state index in [1.54, 1.807) is 0 Å². The zero-order valence-corrected chi connectivity index (χ0v) is 20.3. The molecule has 2 aliphatic rings. The van der Waals surface area contributed by atoms with Crippen molar-refractivity contribution in [2.75, 3.05) is 19.6 Å². The molecule has 2 aromatic heterocycles. The molecule has 0 saturated carbocycles. The summed E-state index contributed by atoms with van der Waals surface area (Å²) in [5.41, 5.74) is 4.54. The molecule has 35 heavy (non-hydrogen) atoms. The van der Waals surface area contributed by atoms with Crippen molar-refractivity contribution in [1.82, 2.24) is 19.6 Å². The van der Waals surface area contributed by atoms with E-state index in [4.69, 9.17) is 0 Å². The molecular weight excluding hydrogens is 452 g/mol. The van der Waals surface area contributed by atoms with Gasteiger partial charge < -0.3 is 5.32 Å². The Hall–Kier alpha value is -3.35. The van der Waals surface area contributed by atoms with Crippen molar-refractivity contribution in [3.63, 3.8) is 0 Å². The van der Waals surface area contributed by atoms with Gasteiger partial charge in [0, 0.05) is 6.54 Å². The number of carbonyl (C=O) groups is 1. The second-order valence-corrected chi connectivity index (χ2v) is 10.3. The molecule has 4 aromatic rings. The molecule has 6 heteroatoms. The van der Waals surface area contributed by atoms with Crippen LogP contribution in [0.25, 0.3) is 11.7 Å². The fourth-order valence-corrected chi connectivity index (χ4v) is 6.23. The number of imidazole rings is 1. The number of aromatic nitrogens is 2. The van der Waals surface area contributed by atoms with Crippen molar-refractivity contribution in [1.29, 1.82) is 0 Å². The molecule has 0 radical (unpaired) electrons. The van der Waals surface area contributed by atoms with Crippen LogP contribution in [0.3, 0.4) is 0 Å². The summed E-state index contributed by atoms with van der Waals surface area (Å²) in [6.45, 7) is 2.76. The number of carbonyl (C=O) groups excluding carboxylic acids is 1. The normalized spacial score (nSPS) is 16.4. The standard InChI is InChI=1S/C29H28N4OS/c34-29(25-18-24-20-30-26-12-7-13-27(35-25)33(24)26)31-19-21-14-16-32(17-15-21)28(22-8-3-1-4-9-22)23-10-5-2-6-11-23/h1-13,18,20-21,28H,14-17,19H2,(H,31,34). The van der Waals surface area contributed by atoms with Gasteiger partial charge in [0.25, 0.3) is 5.91 Å². The SMILES string of the molecule is O=C(NCC1CCN(C(c2ccccc2)c2ccccc2)CC1)C1=Cc2cnc3cccc(n23)S1. The predicted molar refractivity (Wildman–Crippen MR) is 141 cm³/mol. The highest BCUT2D eigenvalue weighted by Crippen LogP contribution is 2.35. The van der Waals surface area contributed by atoms with E-state index in [9.17, 15) is 4.79 Å². The van der Waals surface area contributed by atoms with Gasteiger partial charge in [-0.05, 0) is 61.2 Å². The molecule has 1 saturated heterocycles. The third kappa shape index (κ3) is 4.51. The van der Waals surface area contributed by atoms with E-state index < -0.39 is 0 Å². The number of piperidine rings is 1. The number of thioether (sulfide) groups is 1. The second kappa shape index (κ2) is 9.72. The van der Waals surface area contributed by atoms with Gasteiger partial charge in [-0.15, -0.1) is 0 Å². The Kier molecular flexibility index (Phi) is 6.15. The van der Waals surface area contributed by atoms with Crippen LogP contribution in [-0.4, -0.2) is 39.8 Å². The molecule has 5 nitrogen and oxygen atoms in total. The predicted octanol–water partition coefficient (Wildman–Crippen LogP) is 5.40. The first-order valence-electron chi connectivity index (χ1n) is 12.2. The summed E-state index contributed by atoms with van der Waals surface area (Å²) >= 11 is 1.51. The number of benzene rings is 2. The molecule has 4 heterocycles. The molecule has 6 rings (SSSR count). The van der Waals surface area contributed by atoms with Gasteiger partial charge >= 0.3 is 0 Å². The summed E-state index contributed by atoms with van der Waals surface area (Å²) < 4.78 is 2.09. The average molecular weight is 481 g/mol. The van der Waals surface area contributed by atoms with Crippen LogP contribution < -0.4 is 5.32 Å². The van der Waals surface area contributed by atoms with E-state index in [1.165, 1.54) is 22.9 Å². The van der Waals surface area contributed by atoms with Crippen LogP contribution in [0.2, 0.25) is 0 Å². The lowest BCUT2D eigenvalue weighted by Crippen LogP contribution is -2.40. The Morgan fingerprint density at radius 2 is 1.63 bits per heavy atom. The lowest BCUT2D eigenvalue weighted by molar-refractivity contribution is -0.117. The van der Waals surface area contributed by atoms with Crippen LogP contribution in [0, 0.1) is 5.92 Å². The molecule has 0 spiro atoms. The van der Waals surface area contributed by atoms with Crippen molar-refractivity contribution in [3.8, 4) is 0 Å². The maximum Gasteiger partial charge on any atom is 0.258 e. The quantitative estimate of drug-likeness (QED) is 0.402. The lowest BCUT2D eigenvalue weighted by atomic mass is 9.91. The first-order chi connectivity index (χ1) is 17.3. The molecular formula is C29H28N4OS. The molecule has 0 bridgehead atoms. The molecule has 1 fully saturated rings. The largest absolute Gasteiger partial charge is 0.351 e. The van der Waals surface area contributed by atoms with Crippen LogP contribution in [0.4, 0.5) is 0 Å². The third-order valence-corrected chi connectivity index (χ3v) is 8.09. The first kappa shape index (κ1) is 22.1. The molecule has 1 amide bonds. The summed E-state index contributed by atoms with van der Waals surface area (Å²) in [6, 6.07) is 27.8. The van der Waals surface area contributed by atoms with E-state index in [-0.39, 0.29) is 11.9 Å². The first-order valence-corrected chi connectivity index (χ1v) is 13.1. The average Bonchev–Trinajstić information content (AvgIpc) is 3.34. The maximum absolute atomic E-state index is 13.0. The monoisotopic (exact) mass is 480 g/mol. The van der Waals surface area contributed by atoms with Gasteiger partial charge in [0.2, 0.25) is 0 Å². The van der Waals surface area contributed by atoms with Gasteiger partial charge in [-0.3, -0.25) is 14.1 Å². The summed E-state index contributed by atoms with van der Waals surface area (Å²) in [6.07, 6.45) is 5.93. The Bertz CT molecular complexity index is 1320. The van der Waals surface area contributed by atoms with E-state index >= 15 is 0 Å². The number of nitrogens with zero attached hydrogens (tertiary/aromatic N) is 3. The lowest BCUT2D eigenvalue weighted by Gasteiger charge is -2.38. The highest BCUT2D eigenvalue weighted by molar-refractivity contribution is 8.04. The molecule has 176 valence electrons. The van der Waals surface area contributed by atoms with Crippen molar-refractivity contribution < 1.29 is 4.79 Å². The van der Waals surface area contributed by atoms with Gasteiger partial charge in [-0.1, -0.05) is 78.5 Å². The smallest absolute Gasteiger partial charge is 0.258 e. The topological polar surface area (TPSA) is 49.6 Å². The fourth-order valence-electron chi connectivity index (χ4n) is 5.22. The fraction of sp³-hybridized carbons (Fsp3) is 0.241. The Balaban J connectivity index is 1.08. The number of likely N-dealkylation sites (tertiary alicyclic amines) is 1. The number of nitrogens with one attached hydrogen (secondary N) is 1. The summed E-state index contributed by atoms with van der Waals surface area (Å²) in [5.74, 6) is 0.499. The van der Waals surface area contributed by atoms with Gasteiger partial charge in [-0.25, -0.2) is 4.98 Å². The number of rotatable bonds is 6. The minimum absolute atomic E-state index is 0.00771. The minimum atomic E-state index is 0.00771. The summed E-state index contributed by atoms with van der Waals surface area (Å²) in [4.78, 5) is 20.8. The molecule has 0 aliphatic carbocycles. The van der Waals surface area contributed by atoms with Crippen LogP contribution in [-0.2, 0) is 4.79 Å². The van der Waals surface area contributed by atoms with E-state index in [2.05, 4.69) is 80.3 Å². The Morgan fingerprint density at radius 3 is 2.31 bits per heavy atom. The van der Waals surface area contributed by atoms with Crippen LogP contribution >= 0.6 is 11.8 Å². The Labute approximate surface area is 209 Å². The minimum Gasteiger partial charge on any atom is -0.351 e. The van der Waals surface area contributed by atoms with Crippen molar-refractivity contribution in [2.24, 2.45) is 5.92 Å². The van der Waals surface area contributed by atoms with Crippen molar-refractivity contribution >= 4 is 29.4 Å². The highest BCUT2D eigenvalue weighted by Gasteiger charge is 2.28. The van der Waals surface area contributed by atoms with Gasteiger partial charge in [0.15, 0.2) is 0 Å². The van der Waals surface area contributed by atoms with Crippen molar-refractivity contribution in [2.45, 2.75) is 23.9 Å². The third-order valence-electron chi connectivity index (χ3n) is 7.03. The second-order valence-electron chi connectivity index (χ2n) is 9.26. The molecule has 1 N–H and O–H groups in total. The van der Waals surface area contributed by atoms with Crippen LogP contribution in [0.15, 0.2) is 95.0 Å². The number of hydrogen-bond donors (Lipinski definition) is 1. The maximum atomic E-state index is 13.0. The van der Waals surface area contributed by atoms with Crippen LogP contribution in [0.1, 0.15) is 35.7 Å². The van der Waals surface area contributed by atoms with E-state index in [0.717, 1.165) is 53.7 Å². The van der Waals surface area contributed by atoms with Gasteiger partial charge in [0.05, 0.1) is 27.9 Å². The number of hydrogen-bond acceptors (Lipinski definition) is 4. The van der Waals surface area contributed by atoms with Crippen molar-refractivity contribution in [3.05, 3.63) is 107 Å². The van der Waals surface area contributed by atoms with Crippen LogP contribution in [0.5, 0.6) is 0 Å². The zero-order chi connectivity index (χ0) is 23.6. The number of amides is 1. The molecule has 0 unspecified atom stereocenters.